The number of sulfonamides is 1. The minimum absolute atomic E-state index is 0. The van der Waals surface area contributed by atoms with Crippen molar-refractivity contribution >= 4 is 16.0 Å². The summed E-state index contributed by atoms with van der Waals surface area (Å²) in [5.41, 5.74) is 0.673. The fourth-order valence-electron chi connectivity index (χ4n) is 3.82. The molecule has 9 heteroatoms. The van der Waals surface area contributed by atoms with Crippen molar-refractivity contribution in [3.8, 4) is 5.75 Å². The summed E-state index contributed by atoms with van der Waals surface area (Å²) in [6.07, 6.45) is 5.06. The van der Waals surface area contributed by atoms with Crippen LogP contribution >= 0.6 is 0 Å². The Morgan fingerprint density at radius 3 is 2.55 bits per heavy atom. The number of phenolic OH excluding ortho intramolecular Hbond substituents is 1. The molecule has 2 atom stereocenters. The Morgan fingerprint density at radius 1 is 1.19 bits per heavy atom. The molecule has 2 aromatic rings. The first-order chi connectivity index (χ1) is 14.3. The summed E-state index contributed by atoms with van der Waals surface area (Å²) in [6, 6.07) is 10.7. The number of aliphatic carboxylic acids is 1. The average molecular weight is 455 g/mol. The van der Waals surface area contributed by atoms with Crippen LogP contribution in [0, 0.1) is 11.7 Å². The van der Waals surface area contributed by atoms with Gasteiger partial charge in [-0.1, -0.05) is 24.3 Å². The van der Waals surface area contributed by atoms with Crippen molar-refractivity contribution in [2.24, 2.45) is 5.92 Å². The fraction of sp³-hybridized carbons (Fsp3) is 0.318. The van der Waals surface area contributed by atoms with E-state index in [2.05, 4.69) is 0 Å². The summed E-state index contributed by atoms with van der Waals surface area (Å²) in [5.74, 6) is -1.64. The maximum absolute atomic E-state index is 13.3. The average Bonchev–Trinajstić information content (AvgIpc) is 3.12. The quantitative estimate of drug-likeness (QED) is 0.438. The van der Waals surface area contributed by atoms with E-state index in [4.69, 9.17) is 0 Å². The standard InChI is InChI=1S/C22H24FNO5S.Na/c23-18-9-11-20(12-10-18)30(28,29)24-14-13-16(5-2-1-3-8-21(26)27)22(24)17-6-4-7-19(25)15-17;/h1-2,4,6-7,9-12,15-16,22,25H,3,5,8,13-14H2,(H,26,27);/q;+1/p-1/b2-1-;/t16-,22+;/m1./s1. The monoisotopic (exact) mass is 455 g/mol. The van der Waals surface area contributed by atoms with Crippen molar-refractivity contribution in [3.63, 3.8) is 0 Å². The second kappa shape index (κ2) is 11.2. The minimum Gasteiger partial charge on any atom is -0.550 e. The first-order valence-electron chi connectivity index (χ1n) is 9.70. The van der Waals surface area contributed by atoms with Gasteiger partial charge in [0.15, 0.2) is 0 Å². The topological polar surface area (TPSA) is 97.7 Å². The molecule has 1 aliphatic heterocycles. The summed E-state index contributed by atoms with van der Waals surface area (Å²) >= 11 is 0. The summed E-state index contributed by atoms with van der Waals surface area (Å²) < 4.78 is 41.2. The molecule has 1 N–H and O–H groups in total. The normalized spacial score (nSPS) is 19.4. The van der Waals surface area contributed by atoms with Crippen LogP contribution in [0.4, 0.5) is 4.39 Å². The second-order valence-corrected chi connectivity index (χ2v) is 9.17. The number of hydrogen-bond acceptors (Lipinski definition) is 5. The predicted molar refractivity (Wildman–Crippen MR) is 107 cm³/mol. The first kappa shape index (κ1) is 25.5. The zero-order chi connectivity index (χ0) is 21.7. The number of nitrogens with zero attached hydrogens (tertiary/aromatic N) is 1. The molecular formula is C22H23FNNaO5S. The number of carboxylic acids is 1. The van der Waals surface area contributed by atoms with Gasteiger partial charge in [0.2, 0.25) is 10.0 Å². The molecule has 0 bridgehead atoms. The molecule has 6 nitrogen and oxygen atoms in total. The maximum atomic E-state index is 13.3. The first-order valence-corrected chi connectivity index (χ1v) is 11.1. The van der Waals surface area contributed by atoms with Crippen LogP contribution in [0.1, 0.15) is 37.3 Å². The van der Waals surface area contributed by atoms with E-state index in [0.717, 1.165) is 12.1 Å². The van der Waals surface area contributed by atoms with Crippen molar-refractivity contribution in [2.45, 2.75) is 36.6 Å². The Labute approximate surface area is 203 Å². The number of aromatic hydroxyl groups is 1. The zero-order valence-corrected chi connectivity index (χ0v) is 20.1. The molecule has 2 aromatic carbocycles. The van der Waals surface area contributed by atoms with Crippen LogP contribution < -0.4 is 34.7 Å². The van der Waals surface area contributed by atoms with Crippen LogP contribution in [-0.4, -0.2) is 30.3 Å². The molecule has 0 unspecified atom stereocenters. The largest absolute Gasteiger partial charge is 1.00 e. The third-order valence-corrected chi connectivity index (χ3v) is 7.12. The van der Waals surface area contributed by atoms with E-state index in [-0.39, 0.29) is 59.1 Å². The Balaban J connectivity index is 0.00000341. The molecule has 0 aromatic heterocycles. The van der Waals surface area contributed by atoms with Crippen LogP contribution in [0.5, 0.6) is 5.75 Å². The molecule has 1 fully saturated rings. The summed E-state index contributed by atoms with van der Waals surface area (Å²) in [7, 11) is -3.87. The van der Waals surface area contributed by atoms with Gasteiger partial charge in [-0.25, -0.2) is 12.8 Å². The van der Waals surface area contributed by atoms with Crippen LogP contribution in [-0.2, 0) is 14.8 Å². The Bertz CT molecular complexity index is 1030. The molecule has 0 spiro atoms. The van der Waals surface area contributed by atoms with Gasteiger partial charge in [0.05, 0.1) is 10.9 Å². The van der Waals surface area contributed by atoms with E-state index < -0.39 is 27.9 Å². The van der Waals surface area contributed by atoms with Gasteiger partial charge < -0.3 is 15.0 Å². The zero-order valence-electron chi connectivity index (χ0n) is 17.3. The van der Waals surface area contributed by atoms with Gasteiger partial charge in [0.1, 0.15) is 11.6 Å². The number of rotatable bonds is 8. The number of phenols is 1. The number of benzene rings is 2. The molecule has 160 valence electrons. The van der Waals surface area contributed by atoms with Crippen LogP contribution in [0.15, 0.2) is 65.6 Å². The third kappa shape index (κ3) is 6.40. The van der Waals surface area contributed by atoms with Gasteiger partial charge in [-0.2, -0.15) is 4.31 Å². The molecule has 1 heterocycles. The van der Waals surface area contributed by atoms with Crippen molar-refractivity contribution in [2.75, 3.05) is 6.54 Å². The number of hydrogen-bond donors (Lipinski definition) is 1. The molecule has 0 radical (unpaired) electrons. The van der Waals surface area contributed by atoms with Gasteiger partial charge in [-0.3, -0.25) is 0 Å². The number of carbonyl (C=O) groups is 1. The maximum Gasteiger partial charge on any atom is 1.00 e. The van der Waals surface area contributed by atoms with E-state index in [9.17, 15) is 27.8 Å². The molecule has 1 saturated heterocycles. The number of halogens is 1. The number of allylic oxidation sites excluding steroid dienone is 2. The van der Waals surface area contributed by atoms with Gasteiger partial charge in [0, 0.05) is 12.5 Å². The summed E-state index contributed by atoms with van der Waals surface area (Å²) in [5, 5.41) is 20.4. The van der Waals surface area contributed by atoms with Gasteiger partial charge in [0.25, 0.3) is 0 Å². The van der Waals surface area contributed by atoms with Crippen molar-refractivity contribution in [3.05, 3.63) is 72.1 Å². The number of carboxylic acid groups (broad SMARTS) is 1. The van der Waals surface area contributed by atoms with E-state index in [0.29, 0.717) is 24.8 Å². The number of carbonyl (C=O) groups excluding carboxylic acids is 1. The Morgan fingerprint density at radius 2 is 1.90 bits per heavy atom. The Kier molecular flexibility index (Phi) is 9.27. The minimum atomic E-state index is -3.87. The van der Waals surface area contributed by atoms with E-state index in [1.165, 1.54) is 22.5 Å². The summed E-state index contributed by atoms with van der Waals surface area (Å²) in [4.78, 5) is 10.5. The van der Waals surface area contributed by atoms with E-state index >= 15 is 0 Å². The molecule has 1 aliphatic rings. The van der Waals surface area contributed by atoms with Crippen molar-refractivity contribution in [1.82, 2.24) is 4.31 Å². The smallest absolute Gasteiger partial charge is 0.550 e. The predicted octanol–water partition coefficient (Wildman–Crippen LogP) is -0.236. The molecule has 3 rings (SSSR count). The van der Waals surface area contributed by atoms with Gasteiger partial charge in [-0.15, -0.1) is 0 Å². The van der Waals surface area contributed by atoms with E-state index in [1.807, 2.05) is 6.08 Å². The molecule has 0 amide bonds. The molecule has 0 aliphatic carbocycles. The van der Waals surface area contributed by atoms with Crippen molar-refractivity contribution < 1.29 is 57.4 Å². The summed E-state index contributed by atoms with van der Waals surface area (Å²) in [6.45, 7) is 0.289. The third-order valence-electron chi connectivity index (χ3n) is 5.23. The van der Waals surface area contributed by atoms with Crippen LogP contribution in [0.3, 0.4) is 0 Å². The molecule has 31 heavy (non-hydrogen) atoms. The Hall–Kier alpha value is -1.71. The van der Waals surface area contributed by atoms with E-state index in [1.54, 1.807) is 24.3 Å². The fourth-order valence-corrected chi connectivity index (χ4v) is 5.51. The molecule has 0 saturated carbocycles. The SMILES string of the molecule is O=C([O-])CC/C=C\C[C@@H]1CCN(S(=O)(=O)c2ccc(F)cc2)[C@@H]1c1cccc(O)c1.[Na+]. The van der Waals surface area contributed by atoms with Crippen LogP contribution in [0.2, 0.25) is 0 Å². The second-order valence-electron chi connectivity index (χ2n) is 7.28. The van der Waals surface area contributed by atoms with Crippen LogP contribution in [0.25, 0.3) is 0 Å². The van der Waals surface area contributed by atoms with Crippen molar-refractivity contribution in [1.29, 1.82) is 0 Å². The molecular weight excluding hydrogens is 432 g/mol. The van der Waals surface area contributed by atoms with Gasteiger partial charge in [-0.05, 0) is 73.6 Å². The van der Waals surface area contributed by atoms with Gasteiger partial charge >= 0.3 is 29.6 Å².